The van der Waals surface area contributed by atoms with E-state index in [1.807, 2.05) is 24.1 Å². The second-order valence-electron chi connectivity index (χ2n) is 9.56. The summed E-state index contributed by atoms with van der Waals surface area (Å²) in [6.07, 6.45) is 10.5. The van der Waals surface area contributed by atoms with E-state index in [1.54, 1.807) is 0 Å². The number of carbonyl (C=O) groups excluding carboxylic acids is 2. The topological polar surface area (TPSA) is 73.5 Å². The molecule has 1 atom stereocenters. The number of halogens is 1. The van der Waals surface area contributed by atoms with Gasteiger partial charge in [-0.05, 0) is 80.7 Å². The third-order valence-corrected chi connectivity index (χ3v) is 6.58. The molecule has 0 radical (unpaired) electrons. The number of aryl methyl sites for hydroxylation is 2. The number of hydrogen-bond donors (Lipinski definition) is 3. The van der Waals surface area contributed by atoms with Crippen LogP contribution in [0.3, 0.4) is 0 Å². The SMILES string of the molecule is CCC=C(C(NCCC)C1CC1)N(C)CC(=O)NCC(=O)NCCCc1ccc(Cl)cc1CCC. The highest BCUT2D eigenvalue weighted by atomic mass is 35.5. The highest BCUT2D eigenvalue weighted by Gasteiger charge is 2.34. The van der Waals surface area contributed by atoms with Crippen LogP contribution in [0.2, 0.25) is 5.02 Å². The summed E-state index contributed by atoms with van der Waals surface area (Å²) >= 11 is 6.13. The molecular formula is C28H45ClN4O2. The summed E-state index contributed by atoms with van der Waals surface area (Å²) in [5.41, 5.74) is 3.76. The van der Waals surface area contributed by atoms with Crippen molar-refractivity contribution in [1.82, 2.24) is 20.9 Å². The molecular weight excluding hydrogens is 460 g/mol. The minimum atomic E-state index is -0.157. The molecule has 1 aliphatic rings. The van der Waals surface area contributed by atoms with Crippen LogP contribution in [0.5, 0.6) is 0 Å². The molecule has 6 nitrogen and oxygen atoms in total. The van der Waals surface area contributed by atoms with Crippen LogP contribution in [0.4, 0.5) is 0 Å². The molecule has 1 aliphatic carbocycles. The van der Waals surface area contributed by atoms with E-state index in [0.29, 0.717) is 18.5 Å². The van der Waals surface area contributed by atoms with Gasteiger partial charge in [-0.15, -0.1) is 0 Å². The van der Waals surface area contributed by atoms with Gasteiger partial charge in [0.1, 0.15) is 0 Å². The number of carbonyl (C=O) groups is 2. The van der Waals surface area contributed by atoms with E-state index in [9.17, 15) is 9.59 Å². The molecule has 1 saturated carbocycles. The average Bonchev–Trinajstić information content (AvgIpc) is 3.66. The van der Waals surface area contributed by atoms with Crippen molar-refractivity contribution in [3.05, 3.63) is 46.1 Å². The largest absolute Gasteiger partial charge is 0.368 e. The standard InChI is InChI=1S/C28H45ClN4O2/c1-5-9-23-18-24(29)15-14-21(23)11-8-17-30-26(34)19-32-27(35)20-33(4)25(10-6-2)28(22-12-13-22)31-16-7-3/h10,14-15,18,22,28,31H,5-9,11-13,16-17,19-20H2,1-4H3,(H,30,34)(H,32,35). The van der Waals surface area contributed by atoms with Crippen molar-refractivity contribution < 1.29 is 9.59 Å². The zero-order chi connectivity index (χ0) is 25.6. The van der Waals surface area contributed by atoms with E-state index in [2.05, 4.69) is 48.9 Å². The van der Waals surface area contributed by atoms with Gasteiger partial charge in [0.2, 0.25) is 11.8 Å². The summed E-state index contributed by atoms with van der Waals surface area (Å²) in [6.45, 7) is 8.25. The smallest absolute Gasteiger partial charge is 0.239 e. The summed E-state index contributed by atoms with van der Waals surface area (Å²) in [7, 11) is 1.97. The van der Waals surface area contributed by atoms with Gasteiger partial charge in [0.15, 0.2) is 0 Å². The Bertz CT molecular complexity index is 838. The maximum Gasteiger partial charge on any atom is 0.239 e. The van der Waals surface area contributed by atoms with Crippen LogP contribution in [-0.2, 0) is 22.4 Å². The first-order valence-electron chi connectivity index (χ1n) is 13.3. The molecule has 0 aromatic heterocycles. The number of hydrogen-bond acceptors (Lipinski definition) is 4. The first kappa shape index (κ1) is 29.2. The minimum absolute atomic E-state index is 0.00165. The van der Waals surface area contributed by atoms with Crippen molar-refractivity contribution in [2.24, 2.45) is 5.92 Å². The highest BCUT2D eigenvalue weighted by Crippen LogP contribution is 2.36. The monoisotopic (exact) mass is 504 g/mol. The molecule has 1 fully saturated rings. The molecule has 3 N–H and O–H groups in total. The van der Waals surface area contributed by atoms with Crippen LogP contribution in [0.1, 0.15) is 70.4 Å². The van der Waals surface area contributed by atoms with E-state index in [4.69, 9.17) is 11.6 Å². The van der Waals surface area contributed by atoms with E-state index >= 15 is 0 Å². The van der Waals surface area contributed by atoms with Gasteiger partial charge in [0.25, 0.3) is 0 Å². The molecule has 1 aromatic rings. The highest BCUT2D eigenvalue weighted by molar-refractivity contribution is 6.30. The maximum atomic E-state index is 12.5. The van der Waals surface area contributed by atoms with Gasteiger partial charge in [-0.1, -0.05) is 50.9 Å². The van der Waals surface area contributed by atoms with Crippen molar-refractivity contribution in [2.75, 3.05) is 33.2 Å². The number of allylic oxidation sites excluding steroid dienone is 1. The van der Waals surface area contributed by atoms with Gasteiger partial charge in [-0.2, -0.15) is 0 Å². The first-order valence-corrected chi connectivity index (χ1v) is 13.7. The van der Waals surface area contributed by atoms with Crippen LogP contribution in [0, 0.1) is 5.92 Å². The number of nitrogens with one attached hydrogen (secondary N) is 3. The molecule has 0 heterocycles. The molecule has 0 bridgehead atoms. The Morgan fingerprint density at radius 3 is 2.49 bits per heavy atom. The first-order chi connectivity index (χ1) is 16.9. The molecule has 35 heavy (non-hydrogen) atoms. The van der Waals surface area contributed by atoms with Crippen LogP contribution >= 0.6 is 11.6 Å². The molecule has 0 saturated heterocycles. The molecule has 1 unspecified atom stereocenters. The van der Waals surface area contributed by atoms with E-state index < -0.39 is 0 Å². The molecule has 0 spiro atoms. The van der Waals surface area contributed by atoms with Crippen molar-refractivity contribution in [2.45, 2.75) is 78.2 Å². The average molecular weight is 505 g/mol. The van der Waals surface area contributed by atoms with Crippen LogP contribution in [-0.4, -0.2) is 56.0 Å². The van der Waals surface area contributed by atoms with Gasteiger partial charge < -0.3 is 20.9 Å². The van der Waals surface area contributed by atoms with Crippen molar-refractivity contribution >= 4 is 23.4 Å². The molecule has 196 valence electrons. The predicted octanol–water partition coefficient (Wildman–Crippen LogP) is 4.46. The Balaban J connectivity index is 1.73. The van der Waals surface area contributed by atoms with Crippen LogP contribution in [0.15, 0.2) is 30.0 Å². The Kier molecular flexibility index (Phi) is 13.2. The van der Waals surface area contributed by atoms with Crippen molar-refractivity contribution in [3.8, 4) is 0 Å². The van der Waals surface area contributed by atoms with Crippen LogP contribution < -0.4 is 16.0 Å². The van der Waals surface area contributed by atoms with Gasteiger partial charge >= 0.3 is 0 Å². The van der Waals surface area contributed by atoms with Crippen molar-refractivity contribution in [3.63, 3.8) is 0 Å². The van der Waals surface area contributed by atoms with Crippen LogP contribution in [0.25, 0.3) is 0 Å². The third kappa shape index (κ3) is 10.6. The number of nitrogens with zero attached hydrogens (tertiary/aromatic N) is 1. The summed E-state index contributed by atoms with van der Waals surface area (Å²) in [5.74, 6) is 0.359. The Hall–Kier alpha value is -2.05. The second kappa shape index (κ2) is 15.8. The lowest BCUT2D eigenvalue weighted by Crippen LogP contribution is -2.44. The number of likely N-dealkylation sites (N-methyl/N-ethyl adjacent to an activating group) is 1. The normalized spacial score (nSPS) is 14.5. The van der Waals surface area contributed by atoms with Gasteiger partial charge in [0.05, 0.1) is 13.1 Å². The quantitative estimate of drug-likeness (QED) is 0.274. The lowest BCUT2D eigenvalue weighted by Gasteiger charge is -2.30. The molecule has 7 heteroatoms. The molecule has 0 aliphatic heterocycles. The second-order valence-corrected chi connectivity index (χ2v) is 9.99. The summed E-state index contributed by atoms with van der Waals surface area (Å²) in [5, 5.41) is 10.1. The molecule has 1 aromatic carbocycles. The molecule has 2 rings (SSSR count). The van der Waals surface area contributed by atoms with Gasteiger partial charge in [-0.25, -0.2) is 0 Å². The fourth-order valence-electron chi connectivity index (χ4n) is 4.42. The van der Waals surface area contributed by atoms with E-state index in [-0.39, 0.29) is 24.9 Å². The number of benzene rings is 1. The lowest BCUT2D eigenvalue weighted by atomic mass is 9.99. The Morgan fingerprint density at radius 2 is 1.83 bits per heavy atom. The summed E-state index contributed by atoms with van der Waals surface area (Å²) < 4.78 is 0. The fourth-order valence-corrected chi connectivity index (χ4v) is 4.62. The summed E-state index contributed by atoms with van der Waals surface area (Å²) in [4.78, 5) is 26.8. The predicted molar refractivity (Wildman–Crippen MR) is 146 cm³/mol. The fraction of sp³-hybridized carbons (Fsp3) is 0.643. The van der Waals surface area contributed by atoms with E-state index in [0.717, 1.165) is 50.1 Å². The summed E-state index contributed by atoms with van der Waals surface area (Å²) in [6, 6.07) is 6.35. The zero-order valence-electron chi connectivity index (χ0n) is 22.1. The van der Waals surface area contributed by atoms with Gasteiger partial charge in [-0.3, -0.25) is 9.59 Å². The minimum Gasteiger partial charge on any atom is -0.368 e. The van der Waals surface area contributed by atoms with Gasteiger partial charge in [0, 0.05) is 30.4 Å². The third-order valence-electron chi connectivity index (χ3n) is 6.34. The maximum absolute atomic E-state index is 12.5. The van der Waals surface area contributed by atoms with E-state index in [1.165, 1.54) is 29.7 Å². The number of rotatable bonds is 17. The van der Waals surface area contributed by atoms with Crippen molar-refractivity contribution in [1.29, 1.82) is 0 Å². The Morgan fingerprint density at radius 1 is 1.06 bits per heavy atom. The zero-order valence-corrected chi connectivity index (χ0v) is 22.8. The Labute approximate surface area is 217 Å². The molecule has 2 amide bonds. The number of amides is 2. The lowest BCUT2D eigenvalue weighted by molar-refractivity contribution is -0.126.